The van der Waals surface area contributed by atoms with Gasteiger partial charge in [0.25, 0.3) is 0 Å². The molecule has 1 saturated heterocycles. The second kappa shape index (κ2) is 9.40. The third-order valence-electron chi connectivity index (χ3n) is 6.31. The molecule has 1 aliphatic rings. The van der Waals surface area contributed by atoms with Crippen molar-refractivity contribution in [1.82, 2.24) is 15.1 Å². The van der Waals surface area contributed by atoms with Gasteiger partial charge in [0.1, 0.15) is 0 Å². The number of rotatable bonds is 5. The van der Waals surface area contributed by atoms with Crippen LogP contribution < -0.4 is 5.32 Å². The van der Waals surface area contributed by atoms with E-state index in [0.717, 1.165) is 41.2 Å². The minimum absolute atomic E-state index is 0.00826. The van der Waals surface area contributed by atoms with Crippen molar-refractivity contribution in [3.8, 4) is 0 Å². The van der Waals surface area contributed by atoms with E-state index in [0.29, 0.717) is 6.54 Å². The van der Waals surface area contributed by atoms with Gasteiger partial charge in [-0.3, -0.25) is 0 Å². The number of halogens is 1. The maximum Gasteiger partial charge on any atom is 0.318 e. The molecule has 162 valence electrons. The second-order valence-electron chi connectivity index (χ2n) is 9.27. The topological polar surface area (TPSA) is 35.6 Å². The van der Waals surface area contributed by atoms with Gasteiger partial charge in [0.15, 0.2) is 0 Å². The van der Waals surface area contributed by atoms with Crippen LogP contribution in [0.1, 0.15) is 49.9 Å². The van der Waals surface area contributed by atoms with Gasteiger partial charge in [0.2, 0.25) is 0 Å². The molecule has 5 heteroatoms. The van der Waals surface area contributed by atoms with E-state index in [1.165, 1.54) is 0 Å². The minimum Gasteiger partial charge on any atom is -0.331 e. The van der Waals surface area contributed by atoms with Crippen LogP contribution in [0.3, 0.4) is 0 Å². The van der Waals surface area contributed by atoms with Gasteiger partial charge in [-0.2, -0.15) is 0 Å². The number of carbonyl (C=O) groups is 1. The minimum atomic E-state index is -0.121. The molecule has 0 radical (unpaired) electrons. The average Bonchev–Trinajstić information content (AvgIpc) is 2.68. The number of nitrogens with zero attached hydrogens (tertiary/aromatic N) is 2. The van der Waals surface area contributed by atoms with E-state index in [4.69, 9.17) is 11.6 Å². The van der Waals surface area contributed by atoms with Crippen LogP contribution in [-0.4, -0.2) is 42.0 Å². The Hall–Kier alpha value is -2.04. The molecule has 30 heavy (non-hydrogen) atoms. The summed E-state index contributed by atoms with van der Waals surface area (Å²) in [6.45, 7) is 11.1. The fraction of sp³-hybridized carbons (Fsp3) is 0.480. The first-order chi connectivity index (χ1) is 14.2. The molecule has 2 aromatic carbocycles. The molecule has 2 unspecified atom stereocenters. The van der Waals surface area contributed by atoms with Crippen molar-refractivity contribution in [3.05, 3.63) is 70.2 Å². The molecule has 0 aliphatic carbocycles. The highest BCUT2D eigenvalue weighted by Crippen LogP contribution is 2.34. The smallest absolute Gasteiger partial charge is 0.318 e. The summed E-state index contributed by atoms with van der Waals surface area (Å²) in [5.41, 5.74) is 3.22. The highest BCUT2D eigenvalue weighted by atomic mass is 35.5. The van der Waals surface area contributed by atoms with Crippen LogP contribution in [0.5, 0.6) is 0 Å². The van der Waals surface area contributed by atoms with Gasteiger partial charge in [0.05, 0.1) is 6.04 Å². The lowest BCUT2D eigenvalue weighted by atomic mass is 9.78. The van der Waals surface area contributed by atoms with Gasteiger partial charge in [-0.15, -0.1) is 0 Å². The maximum absolute atomic E-state index is 13.6. The third-order valence-corrected chi connectivity index (χ3v) is 6.72. The molecule has 2 atom stereocenters. The Morgan fingerprint density at radius 2 is 1.93 bits per heavy atom. The molecule has 4 nitrogen and oxygen atoms in total. The van der Waals surface area contributed by atoms with Crippen molar-refractivity contribution in [2.24, 2.45) is 5.41 Å². The molecule has 0 bridgehead atoms. The van der Waals surface area contributed by atoms with Crippen LogP contribution in [-0.2, 0) is 6.54 Å². The number of piperidine rings is 1. The van der Waals surface area contributed by atoms with E-state index in [1.807, 2.05) is 55.1 Å². The predicted molar refractivity (Wildman–Crippen MR) is 125 cm³/mol. The number of nitrogens with one attached hydrogen (secondary N) is 1. The van der Waals surface area contributed by atoms with E-state index in [2.05, 4.69) is 43.2 Å². The number of hydrogen-bond acceptors (Lipinski definition) is 2. The number of hydrogen-bond donors (Lipinski definition) is 1. The molecule has 1 N–H and O–H groups in total. The van der Waals surface area contributed by atoms with Crippen LogP contribution in [0.2, 0.25) is 5.02 Å². The largest absolute Gasteiger partial charge is 0.331 e. The van der Waals surface area contributed by atoms with Gasteiger partial charge in [-0.05, 0) is 62.0 Å². The summed E-state index contributed by atoms with van der Waals surface area (Å²) in [4.78, 5) is 18.0. The fourth-order valence-electron chi connectivity index (χ4n) is 4.73. The summed E-state index contributed by atoms with van der Waals surface area (Å²) in [6.07, 6.45) is 0.967. The van der Waals surface area contributed by atoms with Crippen LogP contribution in [0, 0.1) is 12.3 Å². The molecular formula is C25H34ClN3O. The highest BCUT2D eigenvalue weighted by Gasteiger charge is 2.40. The monoisotopic (exact) mass is 427 g/mol. The SMILES string of the molecule is Cc1c(Cl)cccc1C(C)NC(=O)N(Cc1ccccc1)C1CCN(C)CC1(C)C. The van der Waals surface area contributed by atoms with E-state index in [9.17, 15) is 4.79 Å². The molecule has 1 fully saturated rings. The fourth-order valence-corrected chi connectivity index (χ4v) is 4.92. The molecule has 1 aliphatic heterocycles. The Labute approximate surface area is 186 Å². The van der Waals surface area contributed by atoms with Gasteiger partial charge in [-0.25, -0.2) is 4.79 Å². The predicted octanol–water partition coefficient (Wildman–Crippen LogP) is 5.65. The first-order valence-electron chi connectivity index (χ1n) is 10.7. The van der Waals surface area contributed by atoms with Crippen molar-refractivity contribution < 1.29 is 4.79 Å². The van der Waals surface area contributed by atoms with E-state index < -0.39 is 0 Å². The zero-order valence-corrected chi connectivity index (χ0v) is 19.5. The second-order valence-corrected chi connectivity index (χ2v) is 9.68. The molecule has 2 aromatic rings. The molecule has 0 spiro atoms. The summed E-state index contributed by atoms with van der Waals surface area (Å²) in [6, 6.07) is 16.1. The van der Waals surface area contributed by atoms with Crippen molar-refractivity contribution in [2.75, 3.05) is 20.1 Å². The Morgan fingerprint density at radius 3 is 2.60 bits per heavy atom. The molecular weight excluding hydrogens is 394 g/mol. The normalized spacial score (nSPS) is 19.9. The highest BCUT2D eigenvalue weighted by molar-refractivity contribution is 6.31. The third kappa shape index (κ3) is 5.16. The quantitative estimate of drug-likeness (QED) is 0.669. The van der Waals surface area contributed by atoms with Gasteiger partial charge < -0.3 is 15.1 Å². The Balaban J connectivity index is 1.85. The lowest BCUT2D eigenvalue weighted by Gasteiger charge is -2.48. The zero-order chi connectivity index (χ0) is 21.9. The summed E-state index contributed by atoms with van der Waals surface area (Å²) in [5, 5.41) is 3.97. The van der Waals surface area contributed by atoms with E-state index in [1.54, 1.807) is 0 Å². The number of amides is 2. The van der Waals surface area contributed by atoms with Crippen molar-refractivity contribution >= 4 is 17.6 Å². The van der Waals surface area contributed by atoms with Crippen molar-refractivity contribution in [1.29, 1.82) is 0 Å². The molecule has 0 saturated carbocycles. The van der Waals surface area contributed by atoms with Crippen LogP contribution in [0.25, 0.3) is 0 Å². The molecule has 0 aromatic heterocycles. The molecule has 2 amide bonds. The number of benzene rings is 2. The first-order valence-corrected chi connectivity index (χ1v) is 11.1. The molecule has 3 rings (SSSR count). The van der Waals surface area contributed by atoms with Crippen molar-refractivity contribution in [3.63, 3.8) is 0 Å². The standard InChI is InChI=1S/C25H34ClN3O/c1-18-21(12-9-13-22(18)26)19(2)27-24(30)29(16-20-10-7-6-8-11-20)23-14-15-28(5)17-25(23,3)4/h6-13,19,23H,14-17H2,1-5H3,(H,27,30). The lowest BCUT2D eigenvalue weighted by Crippen LogP contribution is -2.58. The Kier molecular flexibility index (Phi) is 7.10. The van der Waals surface area contributed by atoms with Crippen LogP contribution >= 0.6 is 11.6 Å². The van der Waals surface area contributed by atoms with Crippen LogP contribution in [0.4, 0.5) is 4.79 Å². The summed E-state index contributed by atoms with van der Waals surface area (Å²) >= 11 is 6.31. The first kappa shape index (κ1) is 22.6. The summed E-state index contributed by atoms with van der Waals surface area (Å²) in [7, 11) is 2.16. The van der Waals surface area contributed by atoms with Gasteiger partial charge >= 0.3 is 6.03 Å². The van der Waals surface area contributed by atoms with Crippen LogP contribution in [0.15, 0.2) is 48.5 Å². The number of likely N-dealkylation sites (tertiary alicyclic amines) is 1. The average molecular weight is 428 g/mol. The van der Waals surface area contributed by atoms with E-state index >= 15 is 0 Å². The number of carbonyl (C=O) groups excluding carboxylic acids is 1. The number of urea groups is 1. The maximum atomic E-state index is 13.6. The summed E-state index contributed by atoms with van der Waals surface area (Å²) in [5.74, 6) is 0. The zero-order valence-electron chi connectivity index (χ0n) is 18.8. The van der Waals surface area contributed by atoms with Gasteiger partial charge in [-0.1, -0.05) is 67.9 Å². The Bertz CT molecular complexity index is 868. The summed E-state index contributed by atoms with van der Waals surface area (Å²) < 4.78 is 0. The van der Waals surface area contributed by atoms with Crippen molar-refractivity contribution in [2.45, 2.75) is 52.7 Å². The lowest BCUT2D eigenvalue weighted by molar-refractivity contribution is 0.0300. The Morgan fingerprint density at radius 1 is 1.23 bits per heavy atom. The van der Waals surface area contributed by atoms with Gasteiger partial charge in [0, 0.05) is 24.2 Å². The van der Waals surface area contributed by atoms with E-state index in [-0.39, 0.29) is 23.5 Å². The molecule has 1 heterocycles.